The predicted octanol–water partition coefficient (Wildman–Crippen LogP) is 4.52. The van der Waals surface area contributed by atoms with Crippen LogP contribution in [0.3, 0.4) is 0 Å². The van der Waals surface area contributed by atoms with E-state index >= 15 is 0 Å². The smallest absolute Gasteiger partial charge is 0.266 e. The van der Waals surface area contributed by atoms with Gasteiger partial charge in [0, 0.05) is 0 Å². The van der Waals surface area contributed by atoms with Crippen molar-refractivity contribution in [3.63, 3.8) is 0 Å². The second-order valence-corrected chi connectivity index (χ2v) is 7.60. The Bertz CT molecular complexity index is 1270. The Kier molecular flexibility index (Phi) is 6.33. The average Bonchev–Trinajstić information content (AvgIpc) is 2.80. The van der Waals surface area contributed by atoms with Gasteiger partial charge >= 0.3 is 0 Å². The van der Waals surface area contributed by atoms with Gasteiger partial charge in [0.2, 0.25) is 5.91 Å². The van der Waals surface area contributed by atoms with Gasteiger partial charge in [0.15, 0.2) is 5.16 Å². The Balaban J connectivity index is 1.63. The summed E-state index contributed by atoms with van der Waals surface area (Å²) in [4.78, 5) is 30.5. The SMILES string of the molecule is CCOc1ccccc1NC(=O)CSc1nc2ccccc2c(=O)n1-c1ccccc1. The number of nitrogens with zero attached hydrogens (tertiary/aromatic N) is 2. The lowest BCUT2D eigenvalue weighted by molar-refractivity contribution is -0.113. The highest BCUT2D eigenvalue weighted by Gasteiger charge is 2.15. The Labute approximate surface area is 183 Å². The number of amides is 1. The molecule has 0 saturated heterocycles. The van der Waals surface area contributed by atoms with Gasteiger partial charge in [-0.1, -0.05) is 54.2 Å². The second-order valence-electron chi connectivity index (χ2n) is 6.65. The zero-order chi connectivity index (χ0) is 21.6. The van der Waals surface area contributed by atoms with E-state index in [-0.39, 0.29) is 17.2 Å². The minimum atomic E-state index is -0.209. The number of thioether (sulfide) groups is 1. The second kappa shape index (κ2) is 9.49. The van der Waals surface area contributed by atoms with E-state index in [0.29, 0.717) is 39.8 Å². The maximum atomic E-state index is 13.2. The quantitative estimate of drug-likeness (QED) is 0.344. The van der Waals surface area contributed by atoms with Crippen molar-refractivity contribution in [3.05, 3.63) is 89.2 Å². The van der Waals surface area contributed by atoms with Crippen molar-refractivity contribution >= 4 is 34.3 Å². The summed E-state index contributed by atoms with van der Waals surface area (Å²) >= 11 is 1.22. The van der Waals surface area contributed by atoms with Gasteiger partial charge in [-0.15, -0.1) is 0 Å². The number of fused-ring (bicyclic) bond motifs is 1. The molecule has 0 aliphatic carbocycles. The molecule has 0 bridgehead atoms. The number of nitrogens with one attached hydrogen (secondary N) is 1. The number of ether oxygens (including phenoxy) is 1. The third-order valence-electron chi connectivity index (χ3n) is 4.55. The first-order chi connectivity index (χ1) is 15.2. The lowest BCUT2D eigenvalue weighted by Gasteiger charge is -2.14. The number of benzene rings is 3. The molecule has 0 saturated carbocycles. The van der Waals surface area contributed by atoms with E-state index in [2.05, 4.69) is 10.3 Å². The molecule has 1 aromatic heterocycles. The van der Waals surface area contributed by atoms with Crippen LogP contribution in [0.2, 0.25) is 0 Å². The fourth-order valence-electron chi connectivity index (χ4n) is 3.18. The van der Waals surface area contributed by atoms with Crippen LogP contribution in [-0.4, -0.2) is 27.8 Å². The molecule has 1 amide bonds. The summed E-state index contributed by atoms with van der Waals surface area (Å²) in [5.41, 5.74) is 1.75. The normalized spacial score (nSPS) is 10.7. The zero-order valence-electron chi connectivity index (χ0n) is 16.9. The number of anilines is 1. The Morgan fingerprint density at radius 1 is 1.00 bits per heavy atom. The minimum absolute atomic E-state index is 0.0953. The molecular formula is C24H21N3O3S. The third kappa shape index (κ3) is 4.62. The number of carbonyl (C=O) groups is 1. The molecule has 0 radical (unpaired) electrons. The molecule has 0 aliphatic heterocycles. The average molecular weight is 432 g/mol. The topological polar surface area (TPSA) is 73.2 Å². The van der Waals surface area contributed by atoms with Crippen molar-refractivity contribution < 1.29 is 9.53 Å². The molecule has 156 valence electrons. The van der Waals surface area contributed by atoms with Crippen molar-refractivity contribution in [2.24, 2.45) is 0 Å². The van der Waals surface area contributed by atoms with E-state index in [1.54, 1.807) is 22.8 Å². The Hall–Kier alpha value is -3.58. The highest BCUT2D eigenvalue weighted by Crippen LogP contribution is 2.25. The van der Waals surface area contributed by atoms with Crippen LogP contribution in [0, 0.1) is 0 Å². The molecule has 4 rings (SSSR count). The molecule has 3 aromatic carbocycles. The standard InChI is InChI=1S/C24H21N3O3S/c1-2-30-21-15-9-8-14-20(21)25-22(28)16-31-24-26-19-13-7-6-12-18(19)23(29)27(24)17-10-4-3-5-11-17/h3-15H,2,16H2,1H3,(H,25,28). The predicted molar refractivity (Wildman–Crippen MR) is 124 cm³/mol. The van der Waals surface area contributed by atoms with E-state index in [1.165, 1.54) is 11.8 Å². The highest BCUT2D eigenvalue weighted by atomic mass is 32.2. The van der Waals surface area contributed by atoms with Crippen LogP contribution in [-0.2, 0) is 4.79 Å². The molecule has 0 unspecified atom stereocenters. The zero-order valence-corrected chi connectivity index (χ0v) is 17.8. The van der Waals surface area contributed by atoms with Gasteiger partial charge < -0.3 is 10.1 Å². The number of rotatable bonds is 7. The van der Waals surface area contributed by atoms with E-state index in [0.717, 1.165) is 0 Å². The van der Waals surface area contributed by atoms with Gasteiger partial charge in [0.25, 0.3) is 5.56 Å². The van der Waals surface area contributed by atoms with Crippen LogP contribution in [0.4, 0.5) is 5.69 Å². The first kappa shape index (κ1) is 20.7. The molecule has 0 atom stereocenters. The van der Waals surface area contributed by atoms with Crippen molar-refractivity contribution in [2.45, 2.75) is 12.1 Å². The van der Waals surface area contributed by atoms with Gasteiger partial charge in [-0.25, -0.2) is 4.98 Å². The highest BCUT2D eigenvalue weighted by molar-refractivity contribution is 7.99. The van der Waals surface area contributed by atoms with Crippen LogP contribution in [0.15, 0.2) is 88.8 Å². The fourth-order valence-corrected chi connectivity index (χ4v) is 3.99. The molecule has 0 spiro atoms. The molecular weight excluding hydrogens is 410 g/mol. The summed E-state index contributed by atoms with van der Waals surface area (Å²) in [5, 5.41) is 3.87. The molecule has 1 heterocycles. The summed E-state index contributed by atoms with van der Waals surface area (Å²) in [6.07, 6.45) is 0. The van der Waals surface area contributed by atoms with Gasteiger partial charge in [-0.2, -0.15) is 0 Å². The van der Waals surface area contributed by atoms with Crippen LogP contribution < -0.4 is 15.6 Å². The summed E-state index contributed by atoms with van der Waals surface area (Å²) in [7, 11) is 0. The lowest BCUT2D eigenvalue weighted by atomic mass is 10.2. The molecule has 7 heteroatoms. The Morgan fingerprint density at radius 3 is 2.52 bits per heavy atom. The summed E-state index contributed by atoms with van der Waals surface area (Å²) in [6, 6.07) is 23.8. The maximum Gasteiger partial charge on any atom is 0.266 e. The van der Waals surface area contributed by atoms with Crippen molar-refractivity contribution in [1.82, 2.24) is 9.55 Å². The maximum absolute atomic E-state index is 13.2. The molecule has 0 fully saturated rings. The molecule has 31 heavy (non-hydrogen) atoms. The first-order valence-corrected chi connectivity index (χ1v) is 10.9. The van der Waals surface area contributed by atoms with Gasteiger partial charge in [-0.05, 0) is 43.3 Å². The van der Waals surface area contributed by atoms with Crippen LogP contribution in [0.5, 0.6) is 5.75 Å². The summed E-state index contributed by atoms with van der Waals surface area (Å²) < 4.78 is 7.11. The molecule has 0 aliphatic rings. The number of aromatic nitrogens is 2. The number of hydrogen-bond donors (Lipinski definition) is 1. The number of para-hydroxylation sites is 4. The lowest BCUT2D eigenvalue weighted by Crippen LogP contribution is -2.23. The van der Waals surface area contributed by atoms with E-state index in [9.17, 15) is 9.59 Å². The Morgan fingerprint density at radius 2 is 1.71 bits per heavy atom. The fraction of sp³-hybridized carbons (Fsp3) is 0.125. The molecule has 6 nitrogen and oxygen atoms in total. The first-order valence-electron chi connectivity index (χ1n) is 9.89. The summed E-state index contributed by atoms with van der Waals surface area (Å²) in [5.74, 6) is 0.505. The third-order valence-corrected chi connectivity index (χ3v) is 5.49. The number of hydrogen-bond acceptors (Lipinski definition) is 5. The molecule has 4 aromatic rings. The largest absolute Gasteiger partial charge is 0.492 e. The van der Waals surface area contributed by atoms with Crippen LogP contribution >= 0.6 is 11.8 Å². The van der Waals surface area contributed by atoms with E-state index in [1.807, 2.05) is 67.6 Å². The monoisotopic (exact) mass is 431 g/mol. The van der Waals surface area contributed by atoms with E-state index < -0.39 is 0 Å². The van der Waals surface area contributed by atoms with Gasteiger partial charge in [0.1, 0.15) is 5.75 Å². The van der Waals surface area contributed by atoms with Crippen molar-refractivity contribution in [2.75, 3.05) is 17.7 Å². The summed E-state index contributed by atoms with van der Waals surface area (Å²) in [6.45, 7) is 2.40. The number of carbonyl (C=O) groups excluding carboxylic acids is 1. The van der Waals surface area contributed by atoms with Crippen molar-refractivity contribution in [1.29, 1.82) is 0 Å². The van der Waals surface area contributed by atoms with Crippen LogP contribution in [0.1, 0.15) is 6.92 Å². The van der Waals surface area contributed by atoms with Gasteiger partial charge in [-0.3, -0.25) is 14.2 Å². The van der Waals surface area contributed by atoms with Gasteiger partial charge in [0.05, 0.1) is 34.6 Å². The van der Waals surface area contributed by atoms with E-state index in [4.69, 9.17) is 4.74 Å². The minimum Gasteiger partial charge on any atom is -0.492 e. The molecule has 1 N–H and O–H groups in total. The van der Waals surface area contributed by atoms with Crippen LogP contribution in [0.25, 0.3) is 16.6 Å². The van der Waals surface area contributed by atoms with Crippen molar-refractivity contribution in [3.8, 4) is 11.4 Å².